The molecule has 104 valence electrons. The molecule has 20 heavy (non-hydrogen) atoms. The third-order valence-electron chi connectivity index (χ3n) is 2.87. The molecular formula is C16H18N2OS. The summed E-state index contributed by atoms with van der Waals surface area (Å²) in [6.45, 7) is 4.07. The van der Waals surface area contributed by atoms with Crippen LogP contribution in [0.3, 0.4) is 0 Å². The quantitative estimate of drug-likeness (QED) is 0.840. The van der Waals surface area contributed by atoms with E-state index in [0.717, 1.165) is 23.4 Å². The van der Waals surface area contributed by atoms with Gasteiger partial charge in [0.1, 0.15) is 0 Å². The molecule has 0 spiro atoms. The number of hydrogen-bond donors (Lipinski definition) is 1. The number of hydrogen-bond acceptors (Lipinski definition) is 3. The van der Waals surface area contributed by atoms with Gasteiger partial charge in [-0.25, -0.2) is 0 Å². The molecule has 0 aliphatic carbocycles. The molecule has 0 fully saturated rings. The van der Waals surface area contributed by atoms with Crippen molar-refractivity contribution >= 4 is 23.4 Å². The lowest BCUT2D eigenvalue weighted by atomic mass is 10.1. The van der Waals surface area contributed by atoms with E-state index in [9.17, 15) is 4.79 Å². The lowest BCUT2D eigenvalue weighted by Crippen LogP contribution is -2.13. The SMILES string of the molecule is CCCSc1ccc(NC(=O)c2cnccc2C)cc1. The van der Waals surface area contributed by atoms with Crippen molar-refractivity contribution in [2.24, 2.45) is 0 Å². The third kappa shape index (κ3) is 3.84. The van der Waals surface area contributed by atoms with Crippen molar-refractivity contribution in [3.8, 4) is 0 Å². The Bertz CT molecular complexity index is 581. The number of carbonyl (C=O) groups is 1. The summed E-state index contributed by atoms with van der Waals surface area (Å²) in [5, 5.41) is 2.89. The first-order chi connectivity index (χ1) is 9.70. The molecule has 0 radical (unpaired) electrons. The molecule has 1 aromatic carbocycles. The van der Waals surface area contributed by atoms with Gasteiger partial charge in [-0.3, -0.25) is 9.78 Å². The van der Waals surface area contributed by atoms with Gasteiger partial charge in [-0.05, 0) is 55.0 Å². The molecule has 0 unspecified atom stereocenters. The average Bonchev–Trinajstić information content (AvgIpc) is 2.47. The van der Waals surface area contributed by atoms with Gasteiger partial charge in [0.2, 0.25) is 0 Å². The Kier molecular flexibility index (Phi) is 5.18. The number of aryl methyl sites for hydroxylation is 1. The minimum absolute atomic E-state index is 0.121. The molecular weight excluding hydrogens is 268 g/mol. The van der Waals surface area contributed by atoms with Crippen LogP contribution in [0.5, 0.6) is 0 Å². The monoisotopic (exact) mass is 286 g/mol. The number of nitrogens with zero attached hydrogens (tertiary/aromatic N) is 1. The second-order valence-electron chi connectivity index (χ2n) is 4.52. The first-order valence-electron chi connectivity index (χ1n) is 6.65. The summed E-state index contributed by atoms with van der Waals surface area (Å²) < 4.78 is 0. The third-order valence-corrected chi connectivity index (χ3v) is 4.09. The molecule has 0 saturated heterocycles. The summed E-state index contributed by atoms with van der Waals surface area (Å²) >= 11 is 1.82. The maximum atomic E-state index is 12.1. The highest BCUT2D eigenvalue weighted by molar-refractivity contribution is 7.99. The normalized spacial score (nSPS) is 10.3. The molecule has 3 nitrogen and oxygen atoms in total. The Morgan fingerprint density at radius 1 is 1.25 bits per heavy atom. The standard InChI is InChI=1S/C16H18N2OS/c1-3-10-20-14-6-4-13(5-7-14)18-16(19)15-11-17-9-8-12(15)2/h4-9,11H,3,10H2,1-2H3,(H,18,19). The molecule has 2 rings (SSSR count). The summed E-state index contributed by atoms with van der Waals surface area (Å²) in [6, 6.07) is 9.76. The number of thioether (sulfide) groups is 1. The van der Waals surface area contributed by atoms with E-state index in [4.69, 9.17) is 0 Å². The lowest BCUT2D eigenvalue weighted by Gasteiger charge is -2.08. The van der Waals surface area contributed by atoms with E-state index in [-0.39, 0.29) is 5.91 Å². The molecule has 2 aromatic rings. The van der Waals surface area contributed by atoms with E-state index in [2.05, 4.69) is 17.2 Å². The Morgan fingerprint density at radius 2 is 2.00 bits per heavy atom. The highest BCUT2D eigenvalue weighted by atomic mass is 32.2. The summed E-state index contributed by atoms with van der Waals surface area (Å²) in [6.07, 6.45) is 4.44. The first-order valence-corrected chi connectivity index (χ1v) is 7.64. The average molecular weight is 286 g/mol. The van der Waals surface area contributed by atoms with Crippen LogP contribution in [0, 0.1) is 6.92 Å². The van der Waals surface area contributed by atoms with E-state index >= 15 is 0 Å². The zero-order valence-electron chi connectivity index (χ0n) is 11.7. The van der Waals surface area contributed by atoms with Crippen LogP contribution in [0.25, 0.3) is 0 Å². The molecule has 1 N–H and O–H groups in total. The first kappa shape index (κ1) is 14.6. The van der Waals surface area contributed by atoms with Crippen molar-refractivity contribution in [2.75, 3.05) is 11.1 Å². The second kappa shape index (κ2) is 7.10. The van der Waals surface area contributed by atoms with Gasteiger partial charge in [0.05, 0.1) is 5.56 Å². The number of anilines is 1. The van der Waals surface area contributed by atoms with Crippen molar-refractivity contribution in [1.29, 1.82) is 0 Å². The van der Waals surface area contributed by atoms with Gasteiger partial charge in [-0.1, -0.05) is 6.92 Å². The van der Waals surface area contributed by atoms with E-state index in [1.807, 2.05) is 49.0 Å². The fraction of sp³-hybridized carbons (Fsp3) is 0.250. The smallest absolute Gasteiger partial charge is 0.257 e. The maximum Gasteiger partial charge on any atom is 0.257 e. The minimum Gasteiger partial charge on any atom is -0.322 e. The zero-order valence-corrected chi connectivity index (χ0v) is 12.5. The van der Waals surface area contributed by atoms with Crippen LogP contribution in [0.15, 0.2) is 47.6 Å². The number of aromatic nitrogens is 1. The van der Waals surface area contributed by atoms with Crippen LogP contribution >= 0.6 is 11.8 Å². The van der Waals surface area contributed by atoms with Crippen LogP contribution in [0.4, 0.5) is 5.69 Å². The fourth-order valence-electron chi connectivity index (χ4n) is 1.75. The molecule has 0 aliphatic heterocycles. The van der Waals surface area contributed by atoms with Crippen LogP contribution in [-0.4, -0.2) is 16.6 Å². The summed E-state index contributed by atoms with van der Waals surface area (Å²) in [7, 11) is 0. The predicted molar refractivity (Wildman–Crippen MR) is 84.4 cm³/mol. The van der Waals surface area contributed by atoms with Gasteiger partial charge in [-0.15, -0.1) is 11.8 Å². The fourth-order valence-corrected chi connectivity index (χ4v) is 2.52. The molecule has 1 amide bonds. The van der Waals surface area contributed by atoms with Crippen molar-refractivity contribution in [3.63, 3.8) is 0 Å². The number of carbonyl (C=O) groups excluding carboxylic acids is 1. The van der Waals surface area contributed by atoms with Crippen LogP contribution in [-0.2, 0) is 0 Å². The Labute approximate surface area is 123 Å². The van der Waals surface area contributed by atoms with E-state index in [1.54, 1.807) is 12.4 Å². The summed E-state index contributed by atoms with van der Waals surface area (Å²) in [4.78, 5) is 17.4. The Morgan fingerprint density at radius 3 is 2.65 bits per heavy atom. The van der Waals surface area contributed by atoms with Gasteiger partial charge < -0.3 is 5.32 Å². The number of nitrogens with one attached hydrogen (secondary N) is 1. The predicted octanol–water partition coefficient (Wildman–Crippen LogP) is 4.14. The molecule has 0 saturated carbocycles. The number of amides is 1. The summed E-state index contributed by atoms with van der Waals surface area (Å²) in [5.41, 5.74) is 2.34. The number of rotatable bonds is 5. The number of pyridine rings is 1. The molecule has 0 aliphatic rings. The van der Waals surface area contributed by atoms with E-state index in [0.29, 0.717) is 5.56 Å². The highest BCUT2D eigenvalue weighted by Gasteiger charge is 2.08. The van der Waals surface area contributed by atoms with Crippen LogP contribution in [0.1, 0.15) is 29.3 Å². The Balaban J connectivity index is 2.03. The second-order valence-corrected chi connectivity index (χ2v) is 5.69. The van der Waals surface area contributed by atoms with Gasteiger partial charge in [0.25, 0.3) is 5.91 Å². The largest absolute Gasteiger partial charge is 0.322 e. The number of benzene rings is 1. The maximum absolute atomic E-state index is 12.1. The molecule has 0 bridgehead atoms. The minimum atomic E-state index is -0.121. The molecule has 1 heterocycles. The van der Waals surface area contributed by atoms with Gasteiger partial charge in [-0.2, -0.15) is 0 Å². The van der Waals surface area contributed by atoms with Crippen molar-refractivity contribution in [2.45, 2.75) is 25.2 Å². The van der Waals surface area contributed by atoms with Gasteiger partial charge >= 0.3 is 0 Å². The highest BCUT2D eigenvalue weighted by Crippen LogP contribution is 2.21. The van der Waals surface area contributed by atoms with Crippen molar-refractivity contribution < 1.29 is 4.79 Å². The van der Waals surface area contributed by atoms with E-state index in [1.165, 1.54) is 4.90 Å². The van der Waals surface area contributed by atoms with Gasteiger partial charge in [0, 0.05) is 23.0 Å². The Hall–Kier alpha value is -1.81. The van der Waals surface area contributed by atoms with E-state index < -0.39 is 0 Å². The zero-order chi connectivity index (χ0) is 14.4. The topological polar surface area (TPSA) is 42.0 Å². The van der Waals surface area contributed by atoms with Crippen molar-refractivity contribution in [3.05, 3.63) is 53.9 Å². The van der Waals surface area contributed by atoms with Gasteiger partial charge in [0.15, 0.2) is 0 Å². The van der Waals surface area contributed by atoms with Crippen LogP contribution < -0.4 is 5.32 Å². The molecule has 1 aromatic heterocycles. The molecule has 4 heteroatoms. The lowest BCUT2D eigenvalue weighted by molar-refractivity contribution is 0.102. The summed E-state index contributed by atoms with van der Waals surface area (Å²) in [5.74, 6) is 0.991. The molecule has 0 atom stereocenters. The van der Waals surface area contributed by atoms with Crippen molar-refractivity contribution in [1.82, 2.24) is 4.98 Å². The van der Waals surface area contributed by atoms with Crippen LogP contribution in [0.2, 0.25) is 0 Å².